The van der Waals surface area contributed by atoms with Crippen LogP contribution in [0.5, 0.6) is 0 Å². The molecule has 6 aromatic carbocycles. The summed E-state index contributed by atoms with van der Waals surface area (Å²) in [7, 11) is 0. The maximum absolute atomic E-state index is 16.0. The molecule has 0 saturated carbocycles. The molecule has 9 aromatic rings. The molecule has 25 heteroatoms. The van der Waals surface area contributed by atoms with Gasteiger partial charge in [0, 0.05) is 32.0 Å². The minimum atomic E-state index is -2.85. The summed E-state index contributed by atoms with van der Waals surface area (Å²) >= 11 is 2.95. The third-order valence-corrected chi connectivity index (χ3v) is 20.8. The van der Waals surface area contributed by atoms with E-state index in [9.17, 15) is 39.3 Å². The Hall–Kier alpha value is -12.7. The van der Waals surface area contributed by atoms with Crippen LogP contribution in [0.3, 0.4) is 0 Å². The molecule has 101 heavy (non-hydrogen) atoms. The number of hydrogen-bond acceptors (Lipinski definition) is 23. The van der Waals surface area contributed by atoms with E-state index in [-0.39, 0.29) is 51.2 Å². The maximum atomic E-state index is 16.0. The largest absolute Gasteiger partial charge is 0.459 e. The van der Waals surface area contributed by atoms with Crippen LogP contribution in [0, 0.1) is 22.7 Å². The third kappa shape index (κ3) is 12.1. The number of fused-ring (bicyclic) bond motifs is 7. The number of thiophene rings is 3. The van der Waals surface area contributed by atoms with Crippen LogP contribution in [0.15, 0.2) is 226 Å². The number of aliphatic imine (C=N–C) groups is 2. The van der Waals surface area contributed by atoms with Gasteiger partial charge in [-0.3, -0.25) is 38.4 Å². The van der Waals surface area contributed by atoms with E-state index in [2.05, 4.69) is 0 Å². The zero-order valence-electron chi connectivity index (χ0n) is 53.2. The lowest BCUT2D eigenvalue weighted by Crippen LogP contribution is -2.51. The van der Waals surface area contributed by atoms with E-state index >= 15 is 19.2 Å². The Morgan fingerprint density at radius 2 is 0.634 bits per heavy atom. The summed E-state index contributed by atoms with van der Waals surface area (Å²) in [6.45, 7) is -0.0983. The molecule has 498 valence electrons. The zero-order chi connectivity index (χ0) is 70.7. The smallest absolute Gasteiger partial charge is 0.424 e. The van der Waals surface area contributed by atoms with Gasteiger partial charge in [-0.25, -0.2) is 19.6 Å². The molecule has 0 spiro atoms. The highest BCUT2D eigenvalue weighted by atomic mass is 32.1. The molecule has 0 saturated heterocycles. The molecule has 5 heterocycles. The van der Waals surface area contributed by atoms with E-state index in [0.717, 1.165) is 34.0 Å². The van der Waals surface area contributed by atoms with Crippen LogP contribution in [-0.4, -0.2) is 80.9 Å². The summed E-state index contributed by atoms with van der Waals surface area (Å²) in [5, 5.41) is 21.1. The zero-order valence-corrected chi connectivity index (χ0v) is 55.6. The second-order valence-corrected chi connectivity index (χ2v) is 26.1. The van der Waals surface area contributed by atoms with Gasteiger partial charge in [-0.05, 0) is 59.4 Å². The maximum Gasteiger partial charge on any atom is 0.424 e. The van der Waals surface area contributed by atoms with Crippen molar-refractivity contribution in [3.63, 3.8) is 0 Å². The van der Waals surface area contributed by atoms with Crippen LogP contribution in [0.1, 0.15) is 68.1 Å². The molecule has 0 N–H and O–H groups in total. The fourth-order valence-electron chi connectivity index (χ4n) is 11.8. The number of nitriles is 2. The molecule has 0 bridgehead atoms. The number of carbonyl (C=O) groups is 10. The minimum Gasteiger partial charge on any atom is -0.459 e. The number of esters is 4. The Kier molecular flexibility index (Phi) is 18.6. The number of rotatable bonds is 18. The van der Waals surface area contributed by atoms with Gasteiger partial charge in [0.1, 0.15) is 74.3 Å². The van der Waals surface area contributed by atoms with Crippen molar-refractivity contribution in [3.8, 4) is 12.1 Å². The van der Waals surface area contributed by atoms with Crippen molar-refractivity contribution in [2.24, 2.45) is 9.98 Å². The van der Waals surface area contributed by atoms with Crippen LogP contribution in [0.25, 0.3) is 31.0 Å². The molecule has 4 aliphatic rings. The van der Waals surface area contributed by atoms with Gasteiger partial charge in [0.2, 0.25) is 10.8 Å². The number of carbonyl (C=O) groups excluding carboxylic acids is 10. The molecular weight excluding hydrogens is 1350 g/mol. The third-order valence-electron chi connectivity index (χ3n) is 16.9. The van der Waals surface area contributed by atoms with Crippen LogP contribution in [-0.2, 0) is 117 Å². The van der Waals surface area contributed by atoms with Gasteiger partial charge in [-0.2, -0.15) is 20.3 Å². The highest BCUT2D eigenvalue weighted by molar-refractivity contribution is 7.39. The molecule has 22 nitrogen and oxygen atoms in total. The standard InChI is InChI=1S/C76H50N6O16S3/c1-43-51(35-77)65(83)81(73(91)97-41-49-29-17-7-18-30-49)67(85)59(43)79-55-33-53-57(75(55,69(87)93-37-45-21-9-3-10-22-45)70(88)94-38-46-23-11-4-12-24-46)61-63(99-53)64-62(101-61)58-54(100-64)34-56(76(58,71(89)95-39-47-25-13-5-14-26-47)72(90)96-40-48-27-15-6-16-28-48)80-60-44(2)52(36-78)66(84)82(68(60)86)74(92)98-42-50-31-19-8-20-32-50/h3-34H,37-42H2,1-2H3/b79-59+,80-60+. The summed E-state index contributed by atoms with van der Waals surface area (Å²) in [5.41, 5.74) is -7.55. The monoisotopic (exact) mass is 1400 g/mol. The predicted molar refractivity (Wildman–Crippen MR) is 368 cm³/mol. The highest BCUT2D eigenvalue weighted by Crippen LogP contribution is 2.61. The quantitative estimate of drug-likeness (QED) is 0.0333. The van der Waals surface area contributed by atoms with Crippen LogP contribution >= 0.6 is 34.0 Å². The van der Waals surface area contributed by atoms with Crippen LogP contribution < -0.4 is 0 Å². The van der Waals surface area contributed by atoms with Crippen molar-refractivity contribution in [1.82, 2.24) is 9.80 Å². The number of hydrogen-bond donors (Lipinski definition) is 0. The lowest BCUT2D eigenvalue weighted by atomic mass is 9.80. The second kappa shape index (κ2) is 28.0. The van der Waals surface area contributed by atoms with Crippen molar-refractivity contribution >= 4 is 136 Å². The average molecular weight is 1400 g/mol. The normalized spacial score (nSPS) is 16.0. The molecule has 2 aliphatic carbocycles. The number of imide groups is 6. The van der Waals surface area contributed by atoms with Gasteiger partial charge in [0.15, 0.2) is 0 Å². The number of benzene rings is 6. The first-order valence-corrected chi connectivity index (χ1v) is 33.3. The van der Waals surface area contributed by atoms with Crippen LogP contribution in [0.2, 0.25) is 0 Å². The Balaban J connectivity index is 1.02. The van der Waals surface area contributed by atoms with Gasteiger partial charge >= 0.3 is 36.1 Å². The Labute approximate surface area is 585 Å². The van der Waals surface area contributed by atoms with E-state index < -0.39 is 144 Å². The molecular formula is C76H50N6O16S3. The molecule has 0 radical (unpaired) electrons. The van der Waals surface area contributed by atoms with Gasteiger partial charge in [-0.1, -0.05) is 182 Å². The predicted octanol–water partition coefficient (Wildman–Crippen LogP) is 12.3. The van der Waals surface area contributed by atoms with Crippen molar-refractivity contribution in [1.29, 1.82) is 10.5 Å². The lowest BCUT2D eigenvalue weighted by Gasteiger charge is -2.29. The van der Waals surface area contributed by atoms with Gasteiger partial charge in [0.05, 0.1) is 30.2 Å². The molecule has 13 rings (SSSR count). The molecule has 6 amide bonds. The van der Waals surface area contributed by atoms with Gasteiger partial charge in [-0.15, -0.1) is 34.0 Å². The topological polar surface area (TPSA) is 305 Å². The Morgan fingerprint density at radius 1 is 0.376 bits per heavy atom. The summed E-state index contributed by atoms with van der Waals surface area (Å²) < 4.78 is 36.7. The van der Waals surface area contributed by atoms with Gasteiger partial charge in [0.25, 0.3) is 23.6 Å². The summed E-state index contributed by atoms with van der Waals surface area (Å²) in [6, 6.07) is 54.0. The molecule has 2 aliphatic heterocycles. The minimum absolute atomic E-state index is 0.101. The van der Waals surface area contributed by atoms with E-state index in [4.69, 9.17) is 38.4 Å². The van der Waals surface area contributed by atoms with E-state index in [1.807, 2.05) is 0 Å². The fraction of sp³-hybridized carbons (Fsp3) is 0.132. The molecule has 0 fully saturated rings. The Morgan fingerprint density at radius 3 is 0.891 bits per heavy atom. The summed E-state index contributed by atoms with van der Waals surface area (Å²) in [4.78, 5) is 160. The van der Waals surface area contributed by atoms with Crippen LogP contribution in [0.4, 0.5) is 9.59 Å². The molecule has 0 atom stereocenters. The fourth-order valence-corrected chi connectivity index (χ4v) is 16.4. The molecule has 0 unspecified atom stereocenters. The molecule has 3 aromatic heterocycles. The van der Waals surface area contributed by atoms with E-state index in [1.165, 1.54) is 26.0 Å². The van der Waals surface area contributed by atoms with E-state index in [1.54, 1.807) is 194 Å². The van der Waals surface area contributed by atoms with Crippen molar-refractivity contribution in [3.05, 3.63) is 270 Å². The number of nitrogens with zero attached hydrogens (tertiary/aromatic N) is 6. The van der Waals surface area contributed by atoms with Crippen molar-refractivity contribution in [2.75, 3.05) is 0 Å². The summed E-state index contributed by atoms with van der Waals surface area (Å²) in [6.07, 6.45) is -0.235. The summed E-state index contributed by atoms with van der Waals surface area (Å²) in [5.74, 6) is -10.6. The SMILES string of the molecule is CC1=C(C#N)C(=O)N(C(=O)OCc2ccccc2)C(=O)/C1=N/C1=Cc2sc3c(sc4c5c(sc43)C=C(/N=C3/C(=O)N(C(=O)OCc4ccccc4)C(=O)C(C#N)=C3C)C5(C(=O)OCc3ccccc3)C(=O)OCc3ccccc3)c2C1(C(=O)OCc1ccccc1)C(=O)OCc1ccccc1. The van der Waals surface area contributed by atoms with Gasteiger partial charge < -0.3 is 28.4 Å². The van der Waals surface area contributed by atoms with Crippen molar-refractivity contribution < 1.29 is 76.4 Å². The lowest BCUT2D eigenvalue weighted by molar-refractivity contribution is -0.166. The first-order valence-electron chi connectivity index (χ1n) is 30.9. The number of amides is 6. The number of ether oxygens (including phenoxy) is 6. The second-order valence-electron chi connectivity index (χ2n) is 23.0. The highest BCUT2D eigenvalue weighted by Gasteiger charge is 2.63. The first kappa shape index (κ1) is 66.9. The van der Waals surface area contributed by atoms with Crippen molar-refractivity contribution in [2.45, 2.75) is 64.3 Å². The Bertz CT molecular complexity index is 4840. The van der Waals surface area contributed by atoms with E-state index in [0.29, 0.717) is 42.8 Å². The first-order chi connectivity index (χ1) is 49.0. The average Bonchev–Trinajstić information content (AvgIpc) is 1.51.